The molecule has 0 saturated carbocycles. The minimum Gasteiger partial charge on any atom is -0.493 e. The number of carbonyl (C=O) groups is 1. The van der Waals surface area contributed by atoms with E-state index in [1.54, 1.807) is 24.3 Å². The molecule has 0 atom stereocenters. The van der Waals surface area contributed by atoms with Crippen molar-refractivity contribution in [3.63, 3.8) is 0 Å². The van der Waals surface area contributed by atoms with E-state index < -0.39 is 10.0 Å². The maximum absolute atomic E-state index is 13.4. The molecule has 1 aromatic heterocycles. The molecule has 0 fully saturated rings. The summed E-state index contributed by atoms with van der Waals surface area (Å²) in [7, 11) is -0.922. The van der Waals surface area contributed by atoms with Gasteiger partial charge in [0.2, 0.25) is 0 Å². The van der Waals surface area contributed by atoms with Gasteiger partial charge in [0.1, 0.15) is 5.82 Å². The van der Waals surface area contributed by atoms with Crippen molar-refractivity contribution in [2.45, 2.75) is 4.90 Å². The van der Waals surface area contributed by atoms with Crippen molar-refractivity contribution in [2.75, 3.05) is 24.3 Å². The van der Waals surface area contributed by atoms with E-state index in [4.69, 9.17) is 9.47 Å². The number of sulfonamides is 1. The maximum Gasteiger partial charge on any atom is 0.265 e. The lowest BCUT2D eigenvalue weighted by atomic mass is 10.2. The number of anilines is 2. The number of fused-ring (bicyclic) bond motifs is 1. The second kappa shape index (κ2) is 9.08. The molecule has 33 heavy (non-hydrogen) atoms. The highest BCUT2D eigenvalue weighted by atomic mass is 32.2. The van der Waals surface area contributed by atoms with E-state index in [0.29, 0.717) is 33.1 Å². The molecular formula is C23H19FN2O5S2. The molecule has 2 N–H and O–H groups in total. The molecule has 4 aromatic rings. The lowest BCUT2D eigenvalue weighted by Crippen LogP contribution is -2.14. The third kappa shape index (κ3) is 4.91. The Kier molecular flexibility index (Phi) is 6.21. The number of hydrogen-bond acceptors (Lipinski definition) is 6. The zero-order valence-electron chi connectivity index (χ0n) is 17.6. The van der Waals surface area contributed by atoms with Gasteiger partial charge < -0.3 is 14.8 Å². The van der Waals surface area contributed by atoms with Crippen LogP contribution in [0, 0.1) is 5.82 Å². The number of rotatable bonds is 7. The van der Waals surface area contributed by atoms with Crippen molar-refractivity contribution in [1.29, 1.82) is 0 Å². The predicted molar refractivity (Wildman–Crippen MR) is 127 cm³/mol. The van der Waals surface area contributed by atoms with Gasteiger partial charge in [-0.15, -0.1) is 11.3 Å². The van der Waals surface area contributed by atoms with Gasteiger partial charge in [0.15, 0.2) is 11.5 Å². The quantitative estimate of drug-likeness (QED) is 0.379. The van der Waals surface area contributed by atoms with E-state index >= 15 is 0 Å². The van der Waals surface area contributed by atoms with Crippen molar-refractivity contribution in [2.24, 2.45) is 0 Å². The van der Waals surface area contributed by atoms with Gasteiger partial charge in [-0.25, -0.2) is 12.8 Å². The van der Waals surface area contributed by atoms with Gasteiger partial charge >= 0.3 is 0 Å². The first-order valence-electron chi connectivity index (χ1n) is 9.64. The van der Waals surface area contributed by atoms with Crippen LogP contribution in [0.4, 0.5) is 15.8 Å². The Balaban J connectivity index is 1.48. The van der Waals surface area contributed by atoms with Crippen molar-refractivity contribution in [3.8, 4) is 11.5 Å². The van der Waals surface area contributed by atoms with Crippen LogP contribution in [0.3, 0.4) is 0 Å². The number of nitrogens with one attached hydrogen (secondary N) is 2. The van der Waals surface area contributed by atoms with Crippen LogP contribution < -0.4 is 19.5 Å². The molecule has 0 bridgehead atoms. The largest absolute Gasteiger partial charge is 0.493 e. The standard InChI is InChI=1S/C23H19FN2O5S2/c1-30-19-9-6-17(13-20(19)31-2)26-33(28,29)18-7-4-16(5-8-18)25-23(27)22-12-14-11-15(24)3-10-21(14)32-22/h3-13,26H,1-2H3,(H,25,27). The lowest BCUT2D eigenvalue weighted by Gasteiger charge is -2.12. The molecule has 0 radical (unpaired) electrons. The van der Waals surface area contributed by atoms with Gasteiger partial charge in [-0.1, -0.05) is 0 Å². The van der Waals surface area contributed by atoms with Crippen molar-refractivity contribution in [1.82, 2.24) is 0 Å². The van der Waals surface area contributed by atoms with Crippen LogP contribution in [0.2, 0.25) is 0 Å². The zero-order valence-corrected chi connectivity index (χ0v) is 19.2. The fourth-order valence-corrected chi connectivity index (χ4v) is 5.14. The third-order valence-corrected chi connectivity index (χ3v) is 7.27. The van der Waals surface area contributed by atoms with Gasteiger partial charge in [-0.2, -0.15) is 0 Å². The molecule has 7 nitrogen and oxygen atoms in total. The topological polar surface area (TPSA) is 93.7 Å². The number of hydrogen-bond donors (Lipinski definition) is 2. The molecule has 1 heterocycles. The smallest absolute Gasteiger partial charge is 0.265 e. The van der Waals surface area contributed by atoms with Gasteiger partial charge in [-0.05, 0) is 66.0 Å². The van der Waals surface area contributed by atoms with Crippen molar-refractivity contribution >= 4 is 48.7 Å². The summed E-state index contributed by atoms with van der Waals surface area (Å²) in [5.41, 5.74) is 0.736. The minimum absolute atomic E-state index is 0.0209. The van der Waals surface area contributed by atoms with Crippen LogP contribution in [0.25, 0.3) is 10.1 Å². The summed E-state index contributed by atoms with van der Waals surface area (Å²) in [5, 5.41) is 3.37. The molecule has 3 aromatic carbocycles. The van der Waals surface area contributed by atoms with Crippen LogP contribution >= 0.6 is 11.3 Å². The Labute approximate surface area is 193 Å². The highest BCUT2D eigenvalue weighted by molar-refractivity contribution is 7.92. The molecule has 4 rings (SSSR count). The maximum atomic E-state index is 13.4. The Hall–Kier alpha value is -3.63. The average molecular weight is 487 g/mol. The Morgan fingerprint density at radius 1 is 0.879 bits per heavy atom. The highest BCUT2D eigenvalue weighted by Crippen LogP contribution is 2.31. The minimum atomic E-state index is -3.87. The normalized spacial score (nSPS) is 11.2. The summed E-state index contributed by atoms with van der Waals surface area (Å²) in [4.78, 5) is 13.0. The molecule has 0 spiro atoms. The number of thiophene rings is 1. The van der Waals surface area contributed by atoms with E-state index in [1.807, 2.05) is 0 Å². The summed E-state index contributed by atoms with van der Waals surface area (Å²) < 4.78 is 52.5. The second-order valence-electron chi connectivity index (χ2n) is 6.95. The van der Waals surface area contributed by atoms with Gasteiger partial charge in [0.25, 0.3) is 15.9 Å². The van der Waals surface area contributed by atoms with Crippen LogP contribution in [0.1, 0.15) is 9.67 Å². The van der Waals surface area contributed by atoms with E-state index in [2.05, 4.69) is 10.0 Å². The number of methoxy groups -OCH3 is 2. The first-order chi connectivity index (χ1) is 15.8. The highest BCUT2D eigenvalue weighted by Gasteiger charge is 2.17. The van der Waals surface area contributed by atoms with Crippen LogP contribution in [-0.2, 0) is 10.0 Å². The first-order valence-corrected chi connectivity index (χ1v) is 11.9. The Bertz CT molecular complexity index is 1430. The molecular weight excluding hydrogens is 467 g/mol. The third-order valence-electron chi connectivity index (χ3n) is 4.76. The van der Waals surface area contributed by atoms with Gasteiger partial charge in [0.05, 0.1) is 29.7 Å². The first kappa shape index (κ1) is 22.6. The van der Waals surface area contributed by atoms with Gasteiger partial charge in [-0.3, -0.25) is 9.52 Å². The number of carbonyl (C=O) groups excluding carboxylic acids is 1. The van der Waals surface area contributed by atoms with Gasteiger partial charge in [0, 0.05) is 16.5 Å². The van der Waals surface area contributed by atoms with E-state index in [9.17, 15) is 17.6 Å². The molecule has 0 aliphatic heterocycles. The van der Waals surface area contributed by atoms with Crippen LogP contribution in [-0.4, -0.2) is 28.5 Å². The summed E-state index contributed by atoms with van der Waals surface area (Å²) in [5.74, 6) is 0.130. The number of benzene rings is 3. The molecule has 170 valence electrons. The van der Waals surface area contributed by atoms with Crippen LogP contribution in [0.5, 0.6) is 11.5 Å². The zero-order chi connectivity index (χ0) is 23.6. The van der Waals surface area contributed by atoms with Crippen molar-refractivity contribution < 1.29 is 27.1 Å². The second-order valence-corrected chi connectivity index (χ2v) is 9.71. The number of halogens is 1. The number of ether oxygens (including phenoxy) is 2. The Morgan fingerprint density at radius 2 is 1.58 bits per heavy atom. The van der Waals surface area contributed by atoms with E-state index in [-0.39, 0.29) is 16.6 Å². The Morgan fingerprint density at radius 3 is 2.27 bits per heavy atom. The van der Waals surface area contributed by atoms with E-state index in [0.717, 1.165) is 4.70 Å². The summed E-state index contributed by atoms with van der Waals surface area (Å²) >= 11 is 1.24. The monoisotopic (exact) mass is 486 g/mol. The summed E-state index contributed by atoms with van der Waals surface area (Å²) in [6.45, 7) is 0. The lowest BCUT2D eigenvalue weighted by molar-refractivity contribution is 0.103. The molecule has 0 aliphatic carbocycles. The molecule has 10 heteroatoms. The summed E-state index contributed by atoms with van der Waals surface area (Å²) in [6, 6.07) is 16.4. The SMILES string of the molecule is COc1ccc(NS(=O)(=O)c2ccc(NC(=O)c3cc4cc(F)ccc4s3)cc2)cc1OC. The molecule has 0 unspecified atom stereocenters. The number of amides is 1. The van der Waals surface area contributed by atoms with Crippen LogP contribution in [0.15, 0.2) is 71.6 Å². The molecule has 0 aliphatic rings. The van der Waals surface area contributed by atoms with Crippen molar-refractivity contribution in [3.05, 3.63) is 77.4 Å². The fraction of sp³-hybridized carbons (Fsp3) is 0.0870. The molecule has 0 saturated heterocycles. The predicted octanol–water partition coefficient (Wildman–Crippen LogP) is 5.11. The van der Waals surface area contributed by atoms with E-state index in [1.165, 1.54) is 68.0 Å². The fourth-order valence-electron chi connectivity index (χ4n) is 3.15. The summed E-state index contributed by atoms with van der Waals surface area (Å²) in [6.07, 6.45) is 0. The molecule has 1 amide bonds. The average Bonchev–Trinajstić information content (AvgIpc) is 3.22.